The van der Waals surface area contributed by atoms with Crippen molar-refractivity contribution in [3.05, 3.63) is 60.8 Å². The Morgan fingerprint density at radius 1 is 0.247 bits per heavy atom. The van der Waals surface area contributed by atoms with Crippen LogP contribution in [0.5, 0.6) is 0 Å². The smallest absolute Gasteiger partial charge is 0.306 e. The van der Waals surface area contributed by atoms with Gasteiger partial charge in [0, 0.05) is 19.3 Å². The average Bonchev–Trinajstić information content (AvgIpc) is 3.47. The summed E-state index contributed by atoms with van der Waals surface area (Å²) >= 11 is 0. The first-order valence-corrected chi connectivity index (χ1v) is 35.8. The Morgan fingerprint density at radius 3 is 0.691 bits per heavy atom. The van der Waals surface area contributed by atoms with Crippen LogP contribution < -0.4 is 0 Å². The minimum absolute atomic E-state index is 0.0705. The molecule has 0 saturated heterocycles. The van der Waals surface area contributed by atoms with Crippen LogP contribution in [0.4, 0.5) is 0 Å². The van der Waals surface area contributed by atoms with Gasteiger partial charge in [-0.3, -0.25) is 14.4 Å². The van der Waals surface area contributed by atoms with Gasteiger partial charge in [0.25, 0.3) is 0 Å². The molecule has 0 aliphatic heterocycles. The van der Waals surface area contributed by atoms with Crippen LogP contribution in [-0.4, -0.2) is 37.2 Å². The van der Waals surface area contributed by atoms with Gasteiger partial charge in [-0.05, 0) is 89.9 Å². The van der Waals surface area contributed by atoms with Gasteiger partial charge in [0.15, 0.2) is 6.10 Å². The lowest BCUT2D eigenvalue weighted by atomic mass is 10.0. The molecule has 0 saturated carbocycles. The summed E-state index contributed by atoms with van der Waals surface area (Å²) in [7, 11) is 0. The maximum absolute atomic E-state index is 12.9. The number of esters is 3. The minimum Gasteiger partial charge on any atom is -0.462 e. The number of ether oxygens (including phenoxy) is 3. The molecule has 0 aromatic heterocycles. The van der Waals surface area contributed by atoms with Crippen molar-refractivity contribution in [3.63, 3.8) is 0 Å². The van der Waals surface area contributed by atoms with Gasteiger partial charge in [0.2, 0.25) is 0 Å². The fraction of sp³-hybridized carbons (Fsp3) is 0.827. The molecule has 0 bridgehead atoms. The number of hydrogen-bond donors (Lipinski definition) is 0. The van der Waals surface area contributed by atoms with Crippen molar-refractivity contribution in [1.29, 1.82) is 0 Å². The fourth-order valence-electron chi connectivity index (χ4n) is 10.6. The Morgan fingerprint density at radius 2 is 0.444 bits per heavy atom. The standard InChI is InChI=1S/C75H136O6/c1-4-7-10-13-16-19-22-24-26-28-30-32-34-35-36-37-38-39-41-42-44-46-48-50-53-56-59-62-65-68-74(77)80-71-72(70-79-73(76)67-64-61-58-55-52-21-18-15-12-9-6-3)81-75(78)69-66-63-60-57-54-51-49-47-45-43-40-33-31-29-27-25-23-20-17-14-11-8-5-2/h22-25,28-31,34-35,72H,4-21,26-27,32-33,36-71H2,1-3H3/b24-22-,25-23-,30-28-,31-29-,35-34-. The monoisotopic (exact) mass is 1130 g/mol. The first-order chi connectivity index (χ1) is 40.0. The van der Waals surface area contributed by atoms with Gasteiger partial charge in [-0.1, -0.05) is 332 Å². The minimum atomic E-state index is -0.774. The number of hydrogen-bond acceptors (Lipinski definition) is 6. The third kappa shape index (κ3) is 67.8. The van der Waals surface area contributed by atoms with E-state index in [4.69, 9.17) is 14.2 Å². The van der Waals surface area contributed by atoms with E-state index >= 15 is 0 Å². The van der Waals surface area contributed by atoms with Crippen molar-refractivity contribution in [1.82, 2.24) is 0 Å². The zero-order chi connectivity index (χ0) is 58.5. The maximum Gasteiger partial charge on any atom is 0.306 e. The molecule has 0 fully saturated rings. The molecule has 0 amide bonds. The van der Waals surface area contributed by atoms with E-state index < -0.39 is 6.10 Å². The fourth-order valence-corrected chi connectivity index (χ4v) is 10.6. The zero-order valence-corrected chi connectivity index (χ0v) is 54.3. The Kier molecular flexibility index (Phi) is 67.1. The topological polar surface area (TPSA) is 78.9 Å². The molecule has 0 radical (unpaired) electrons. The Balaban J connectivity index is 4.19. The second-order valence-corrected chi connectivity index (χ2v) is 24.1. The number of allylic oxidation sites excluding steroid dienone is 10. The molecule has 0 aliphatic rings. The maximum atomic E-state index is 12.9. The molecular weight excluding hydrogens is 997 g/mol. The number of unbranched alkanes of at least 4 members (excludes halogenated alkanes) is 45. The Bertz CT molecular complexity index is 1440. The molecule has 1 unspecified atom stereocenters. The average molecular weight is 1130 g/mol. The van der Waals surface area contributed by atoms with Gasteiger partial charge in [0.05, 0.1) is 0 Å². The second kappa shape index (κ2) is 69.6. The van der Waals surface area contributed by atoms with Gasteiger partial charge in [0.1, 0.15) is 13.2 Å². The molecule has 0 spiro atoms. The van der Waals surface area contributed by atoms with Crippen LogP contribution in [0.25, 0.3) is 0 Å². The summed E-state index contributed by atoms with van der Waals surface area (Å²) in [5.74, 6) is -0.851. The van der Waals surface area contributed by atoms with E-state index in [1.807, 2.05) is 0 Å². The predicted molar refractivity (Wildman–Crippen MR) is 353 cm³/mol. The number of carbonyl (C=O) groups is 3. The lowest BCUT2D eigenvalue weighted by molar-refractivity contribution is -0.167. The molecule has 0 aromatic carbocycles. The van der Waals surface area contributed by atoms with Gasteiger partial charge in [-0.15, -0.1) is 0 Å². The molecule has 0 N–H and O–H groups in total. The molecule has 0 aromatic rings. The van der Waals surface area contributed by atoms with Crippen LogP contribution >= 0.6 is 0 Å². The van der Waals surface area contributed by atoms with Crippen molar-refractivity contribution in [2.75, 3.05) is 13.2 Å². The van der Waals surface area contributed by atoms with E-state index in [0.717, 1.165) is 77.0 Å². The number of rotatable bonds is 66. The number of carbonyl (C=O) groups excluding carboxylic acids is 3. The Hall–Kier alpha value is -2.89. The highest BCUT2D eigenvalue weighted by atomic mass is 16.6. The van der Waals surface area contributed by atoms with Crippen LogP contribution in [-0.2, 0) is 28.6 Å². The van der Waals surface area contributed by atoms with Crippen molar-refractivity contribution in [2.24, 2.45) is 0 Å². The summed E-state index contributed by atoms with van der Waals surface area (Å²) in [6.45, 7) is 6.67. The van der Waals surface area contributed by atoms with Crippen LogP contribution in [0.1, 0.15) is 380 Å². The Labute approximate surface area is 504 Å². The highest BCUT2D eigenvalue weighted by Crippen LogP contribution is 2.18. The summed E-state index contributed by atoms with van der Waals surface area (Å²) in [5, 5.41) is 0. The van der Waals surface area contributed by atoms with Gasteiger partial charge in [-0.25, -0.2) is 0 Å². The largest absolute Gasteiger partial charge is 0.462 e. The molecule has 1 atom stereocenters. The highest BCUT2D eigenvalue weighted by molar-refractivity contribution is 5.71. The predicted octanol–water partition coefficient (Wildman–Crippen LogP) is 24.7. The third-order valence-electron chi connectivity index (χ3n) is 16.0. The van der Waals surface area contributed by atoms with Crippen molar-refractivity contribution in [2.45, 2.75) is 386 Å². The quantitative estimate of drug-likeness (QED) is 0.0261. The molecule has 6 heteroatoms. The summed E-state index contributed by atoms with van der Waals surface area (Å²) in [4.78, 5) is 38.4. The lowest BCUT2D eigenvalue weighted by Crippen LogP contribution is -2.30. The summed E-state index contributed by atoms with van der Waals surface area (Å²) in [6.07, 6.45) is 89.7. The first kappa shape index (κ1) is 78.1. The summed E-state index contributed by atoms with van der Waals surface area (Å²) in [5.41, 5.74) is 0. The molecule has 472 valence electrons. The molecule has 0 heterocycles. The molecule has 6 nitrogen and oxygen atoms in total. The van der Waals surface area contributed by atoms with E-state index in [1.165, 1.54) is 263 Å². The van der Waals surface area contributed by atoms with Crippen molar-refractivity contribution in [3.8, 4) is 0 Å². The summed E-state index contributed by atoms with van der Waals surface area (Å²) in [6, 6.07) is 0. The van der Waals surface area contributed by atoms with Crippen LogP contribution in [0.3, 0.4) is 0 Å². The zero-order valence-electron chi connectivity index (χ0n) is 54.3. The van der Waals surface area contributed by atoms with E-state index in [-0.39, 0.29) is 31.1 Å². The highest BCUT2D eigenvalue weighted by Gasteiger charge is 2.19. The molecule has 0 rings (SSSR count). The summed E-state index contributed by atoms with van der Waals surface area (Å²) < 4.78 is 17.0. The lowest BCUT2D eigenvalue weighted by Gasteiger charge is -2.18. The van der Waals surface area contributed by atoms with E-state index in [0.29, 0.717) is 19.3 Å². The SMILES string of the molecule is CCCCCCC/C=C\C/C=C\C/C=C\CCCCCCCCCCCCCCCCC(=O)OCC(COC(=O)CCCCCCCCCCCCC)OC(=O)CCCCCCCCCCCCC/C=C\C/C=C\CCCCCCC. The van der Waals surface area contributed by atoms with E-state index in [2.05, 4.69) is 81.5 Å². The molecular formula is C75H136O6. The van der Waals surface area contributed by atoms with Crippen LogP contribution in [0, 0.1) is 0 Å². The third-order valence-corrected chi connectivity index (χ3v) is 16.0. The second-order valence-electron chi connectivity index (χ2n) is 24.1. The van der Waals surface area contributed by atoms with Crippen molar-refractivity contribution < 1.29 is 28.6 Å². The van der Waals surface area contributed by atoms with E-state index in [9.17, 15) is 14.4 Å². The first-order valence-electron chi connectivity index (χ1n) is 35.8. The molecule has 81 heavy (non-hydrogen) atoms. The van der Waals surface area contributed by atoms with Gasteiger partial charge >= 0.3 is 17.9 Å². The van der Waals surface area contributed by atoms with Crippen LogP contribution in [0.2, 0.25) is 0 Å². The molecule has 0 aliphatic carbocycles. The van der Waals surface area contributed by atoms with Gasteiger partial charge < -0.3 is 14.2 Å². The normalized spacial score (nSPS) is 12.4. The van der Waals surface area contributed by atoms with Gasteiger partial charge in [-0.2, -0.15) is 0 Å². The van der Waals surface area contributed by atoms with Crippen molar-refractivity contribution >= 4 is 17.9 Å². The van der Waals surface area contributed by atoms with Crippen LogP contribution in [0.15, 0.2) is 60.8 Å². The van der Waals surface area contributed by atoms with E-state index in [1.54, 1.807) is 0 Å².